The van der Waals surface area contributed by atoms with Crippen LogP contribution in [0.25, 0.3) is 0 Å². The minimum absolute atomic E-state index is 0.0189. The molecule has 49 heavy (non-hydrogen) atoms. The highest BCUT2D eigenvalue weighted by atomic mass is 19.4. The number of halogens is 3. The third kappa shape index (κ3) is 9.56. The van der Waals surface area contributed by atoms with E-state index < -0.39 is 64.5 Å². The molecule has 2 heterocycles. The van der Waals surface area contributed by atoms with E-state index in [0.29, 0.717) is 19.4 Å². The van der Waals surface area contributed by atoms with Gasteiger partial charge in [-0.25, -0.2) is 4.79 Å². The van der Waals surface area contributed by atoms with Crippen LogP contribution in [0.3, 0.4) is 0 Å². The van der Waals surface area contributed by atoms with E-state index in [1.54, 1.807) is 48.5 Å². The van der Waals surface area contributed by atoms with Crippen LogP contribution in [0, 0.1) is 0 Å². The number of piperidine rings is 1. The van der Waals surface area contributed by atoms with Crippen LogP contribution in [0.5, 0.6) is 5.75 Å². The summed E-state index contributed by atoms with van der Waals surface area (Å²) in [4.78, 5) is 69.6. The van der Waals surface area contributed by atoms with Gasteiger partial charge in [-0.3, -0.25) is 19.2 Å². The summed E-state index contributed by atoms with van der Waals surface area (Å²) in [5, 5.41) is 5.26. The average Bonchev–Trinajstić information content (AvgIpc) is 2.99. The number of fused-ring (bicyclic) bond motifs is 1. The van der Waals surface area contributed by atoms with Crippen molar-refractivity contribution >= 4 is 35.4 Å². The highest BCUT2D eigenvalue weighted by Crippen LogP contribution is 2.44. The topological polar surface area (TPSA) is 138 Å². The molecule has 2 atom stereocenters. The number of carbonyl (C=O) groups excluding carboxylic acids is 5. The maximum Gasteiger partial charge on any atom is 0.417 e. The molecule has 0 radical (unpaired) electrons. The molecule has 0 spiro atoms. The molecule has 1 fully saturated rings. The highest BCUT2D eigenvalue weighted by molar-refractivity contribution is 6.05. The fraction of sp³-hybridized carbons (Fsp3) is 0.676. The van der Waals surface area contributed by atoms with Crippen LogP contribution in [-0.4, -0.2) is 95.0 Å². The number of carbonyl (C=O) groups is 5. The smallest absolute Gasteiger partial charge is 0.417 e. The Hall–Kier alpha value is -4.04. The standard InChI is InChI=1S/C34H50F3N5O7/c1-10-24(39-31(47)49-32(5,6)7)29(45)40-15-12-13-21(19-40)42(20(3)4)28(44)22-17-25-26(18-23(22)34(35,36)37)48-33(8,9)30(46)41(25)16-14-38-27(43)11-2/h17-18,20-21,24H,10-16,19H2,1-9H3,(H,38,43)(H,39,47)/t21-,24+/m1/s1. The summed E-state index contributed by atoms with van der Waals surface area (Å²) in [7, 11) is 0. The van der Waals surface area contributed by atoms with Crippen molar-refractivity contribution in [1.29, 1.82) is 0 Å². The van der Waals surface area contributed by atoms with E-state index in [-0.39, 0.29) is 55.7 Å². The molecule has 274 valence electrons. The van der Waals surface area contributed by atoms with Gasteiger partial charge in [-0.05, 0) is 79.9 Å². The van der Waals surface area contributed by atoms with Gasteiger partial charge in [0.2, 0.25) is 11.8 Å². The second-order valence-corrected chi connectivity index (χ2v) is 14.1. The number of alkyl halides is 3. The van der Waals surface area contributed by atoms with Gasteiger partial charge in [0.15, 0.2) is 5.60 Å². The lowest BCUT2D eigenvalue weighted by molar-refractivity contribution is -0.138. The van der Waals surface area contributed by atoms with E-state index in [1.165, 1.54) is 28.5 Å². The summed E-state index contributed by atoms with van der Waals surface area (Å²) >= 11 is 0. The Labute approximate surface area is 286 Å². The van der Waals surface area contributed by atoms with Crippen molar-refractivity contribution in [1.82, 2.24) is 20.4 Å². The van der Waals surface area contributed by atoms with Crippen LogP contribution in [0.1, 0.15) is 104 Å². The van der Waals surface area contributed by atoms with E-state index in [1.807, 2.05) is 0 Å². The molecule has 2 aliphatic rings. The van der Waals surface area contributed by atoms with Gasteiger partial charge in [0.25, 0.3) is 11.8 Å². The Kier molecular flexibility index (Phi) is 12.3. The first kappa shape index (κ1) is 39.4. The van der Waals surface area contributed by atoms with E-state index in [4.69, 9.17) is 9.47 Å². The van der Waals surface area contributed by atoms with Gasteiger partial charge in [-0.2, -0.15) is 13.2 Å². The van der Waals surface area contributed by atoms with Crippen molar-refractivity contribution < 1.29 is 46.6 Å². The third-order valence-corrected chi connectivity index (χ3v) is 8.32. The first-order valence-electron chi connectivity index (χ1n) is 16.7. The Morgan fingerprint density at radius 3 is 2.33 bits per heavy atom. The van der Waals surface area contributed by atoms with Crippen LogP contribution < -0.4 is 20.3 Å². The minimum Gasteiger partial charge on any atom is -0.476 e. The normalized spacial score (nSPS) is 18.3. The Balaban J connectivity index is 1.99. The summed E-state index contributed by atoms with van der Waals surface area (Å²) in [6.45, 7) is 15.1. The monoisotopic (exact) mass is 697 g/mol. The summed E-state index contributed by atoms with van der Waals surface area (Å²) < 4.78 is 54.9. The number of nitrogens with one attached hydrogen (secondary N) is 2. The summed E-state index contributed by atoms with van der Waals surface area (Å²) in [5.41, 5.74) is -4.19. The Morgan fingerprint density at radius 1 is 1.12 bits per heavy atom. The third-order valence-electron chi connectivity index (χ3n) is 8.32. The van der Waals surface area contributed by atoms with E-state index in [9.17, 15) is 37.1 Å². The lowest BCUT2D eigenvalue weighted by atomic mass is 9.96. The number of hydrogen-bond donors (Lipinski definition) is 2. The van der Waals surface area contributed by atoms with Crippen molar-refractivity contribution in [2.75, 3.05) is 31.1 Å². The predicted molar refractivity (Wildman–Crippen MR) is 176 cm³/mol. The zero-order chi connectivity index (χ0) is 37.1. The number of nitrogens with zero attached hydrogens (tertiary/aromatic N) is 3. The maximum absolute atomic E-state index is 14.6. The van der Waals surface area contributed by atoms with Gasteiger partial charge in [-0.1, -0.05) is 13.8 Å². The molecule has 1 aromatic rings. The second kappa shape index (κ2) is 15.2. The molecule has 0 bridgehead atoms. The first-order valence-corrected chi connectivity index (χ1v) is 16.7. The van der Waals surface area contributed by atoms with Gasteiger partial charge in [0.1, 0.15) is 17.4 Å². The number of likely N-dealkylation sites (tertiary alicyclic amines) is 1. The van der Waals surface area contributed by atoms with Gasteiger partial charge >= 0.3 is 12.3 Å². The molecule has 3 rings (SSSR count). The molecule has 5 amide bonds. The zero-order valence-electron chi connectivity index (χ0n) is 29.9. The van der Waals surface area contributed by atoms with Crippen molar-refractivity contribution in [3.8, 4) is 5.75 Å². The number of benzene rings is 1. The predicted octanol–water partition coefficient (Wildman–Crippen LogP) is 4.88. The highest BCUT2D eigenvalue weighted by Gasteiger charge is 2.45. The number of amides is 5. The maximum atomic E-state index is 14.6. The van der Waals surface area contributed by atoms with Crippen LogP contribution >= 0.6 is 0 Å². The number of hydrogen-bond acceptors (Lipinski definition) is 7. The molecular formula is C34H50F3N5O7. The fourth-order valence-corrected chi connectivity index (χ4v) is 6.03. The number of anilines is 1. The zero-order valence-corrected chi connectivity index (χ0v) is 29.9. The van der Waals surface area contributed by atoms with Crippen molar-refractivity contribution in [2.45, 2.75) is 124 Å². The van der Waals surface area contributed by atoms with Crippen LogP contribution in [0.15, 0.2) is 12.1 Å². The average molecular weight is 698 g/mol. The van der Waals surface area contributed by atoms with Crippen molar-refractivity contribution in [2.24, 2.45) is 0 Å². The number of alkyl carbamates (subject to hydrolysis) is 1. The van der Waals surface area contributed by atoms with Crippen molar-refractivity contribution in [3.63, 3.8) is 0 Å². The Bertz CT molecular complexity index is 1420. The first-order chi connectivity index (χ1) is 22.6. The molecule has 0 unspecified atom stereocenters. The van der Waals surface area contributed by atoms with E-state index in [2.05, 4.69) is 10.6 Å². The Morgan fingerprint density at radius 2 is 1.78 bits per heavy atom. The van der Waals surface area contributed by atoms with Crippen LogP contribution in [0.4, 0.5) is 23.7 Å². The molecule has 15 heteroatoms. The molecule has 2 N–H and O–H groups in total. The van der Waals surface area contributed by atoms with Crippen LogP contribution in [0.2, 0.25) is 0 Å². The lowest BCUT2D eigenvalue weighted by Gasteiger charge is -2.43. The number of ether oxygens (including phenoxy) is 2. The second-order valence-electron chi connectivity index (χ2n) is 14.1. The van der Waals surface area contributed by atoms with Crippen LogP contribution in [-0.2, 0) is 25.3 Å². The van der Waals surface area contributed by atoms with Gasteiger partial charge in [0.05, 0.1) is 16.8 Å². The molecule has 1 aromatic carbocycles. The van der Waals surface area contributed by atoms with Gasteiger partial charge in [-0.15, -0.1) is 0 Å². The summed E-state index contributed by atoms with van der Waals surface area (Å²) in [6.07, 6.45) is -4.32. The molecule has 2 aliphatic heterocycles. The molecule has 0 aliphatic carbocycles. The van der Waals surface area contributed by atoms with Gasteiger partial charge in [0, 0.05) is 44.7 Å². The fourth-order valence-electron chi connectivity index (χ4n) is 6.03. The quantitative estimate of drug-likeness (QED) is 0.356. The molecule has 12 nitrogen and oxygen atoms in total. The molecule has 0 saturated carbocycles. The van der Waals surface area contributed by atoms with Crippen molar-refractivity contribution in [3.05, 3.63) is 23.3 Å². The molecule has 0 aromatic heterocycles. The van der Waals surface area contributed by atoms with Gasteiger partial charge < -0.3 is 34.8 Å². The molecular weight excluding hydrogens is 647 g/mol. The number of rotatable bonds is 10. The van der Waals surface area contributed by atoms with E-state index in [0.717, 1.165) is 12.1 Å². The largest absolute Gasteiger partial charge is 0.476 e. The molecule has 1 saturated heterocycles. The van der Waals surface area contributed by atoms with E-state index >= 15 is 0 Å². The minimum atomic E-state index is -4.95. The SMILES string of the molecule is CCC(=O)NCCN1C(=O)C(C)(C)Oc2cc(C(F)(F)F)c(C(=O)N(C(C)C)[C@@H]3CCCN(C(=O)[C@H](CC)NC(=O)OC(C)(C)C)C3)cc21. The summed E-state index contributed by atoms with van der Waals surface area (Å²) in [5.74, 6) is -2.33. The summed E-state index contributed by atoms with van der Waals surface area (Å²) in [6, 6.07) is -0.321. The lowest BCUT2D eigenvalue weighted by Crippen LogP contribution is -2.57.